The number of benzene rings is 2. The SMILES string of the molecule is C[C@@]1(C#N)COCc2ccc(C(=O)NCC(=O)Nc3nc(-c4cccc(C(F)F)c4)cs3)cc21. The standard InChI is InChI=1S/C24H20F2N4O3S/c1-24(12-27)13-33-10-17-6-5-16(8-18(17)24)22(32)28-9-20(31)30-23-29-19(11-34-23)14-3-2-4-15(7-14)21(25)26/h2-8,11,21H,9-10,13H2,1H3,(H,28,32)(H,29,30,31)/t24-/m1/s1. The van der Waals surface area contributed by atoms with E-state index >= 15 is 0 Å². The molecule has 2 aromatic carbocycles. The van der Waals surface area contributed by atoms with Crippen molar-refractivity contribution in [3.8, 4) is 17.3 Å². The quantitative estimate of drug-likeness (QED) is 0.541. The summed E-state index contributed by atoms with van der Waals surface area (Å²) in [6, 6.07) is 13.2. The molecule has 0 radical (unpaired) electrons. The van der Waals surface area contributed by atoms with E-state index in [1.54, 1.807) is 36.6 Å². The van der Waals surface area contributed by atoms with Gasteiger partial charge in [-0.2, -0.15) is 5.26 Å². The van der Waals surface area contributed by atoms with Crippen molar-refractivity contribution in [2.75, 3.05) is 18.5 Å². The van der Waals surface area contributed by atoms with Crippen molar-refractivity contribution >= 4 is 28.3 Å². The number of aromatic nitrogens is 1. The lowest BCUT2D eigenvalue weighted by Crippen LogP contribution is -2.34. The third-order valence-corrected chi connectivity index (χ3v) is 6.21. The highest BCUT2D eigenvalue weighted by atomic mass is 32.1. The van der Waals surface area contributed by atoms with Crippen LogP contribution in [0.5, 0.6) is 0 Å². The number of hydrogen-bond acceptors (Lipinski definition) is 6. The fourth-order valence-corrected chi connectivity index (χ4v) is 4.35. The van der Waals surface area contributed by atoms with Gasteiger partial charge < -0.3 is 15.4 Å². The lowest BCUT2D eigenvalue weighted by atomic mass is 9.79. The molecule has 10 heteroatoms. The number of rotatable bonds is 6. The van der Waals surface area contributed by atoms with Crippen molar-refractivity contribution in [2.24, 2.45) is 0 Å². The second-order valence-electron chi connectivity index (χ2n) is 8.00. The van der Waals surface area contributed by atoms with Gasteiger partial charge in [-0.1, -0.05) is 24.3 Å². The van der Waals surface area contributed by atoms with Gasteiger partial charge in [-0.15, -0.1) is 11.3 Å². The molecule has 0 saturated carbocycles. The van der Waals surface area contributed by atoms with Crippen molar-refractivity contribution in [1.29, 1.82) is 5.26 Å². The first-order valence-corrected chi connectivity index (χ1v) is 11.2. The van der Waals surface area contributed by atoms with Gasteiger partial charge in [0.05, 0.1) is 31.5 Å². The van der Waals surface area contributed by atoms with Crippen LogP contribution in [0.3, 0.4) is 0 Å². The minimum Gasteiger partial charge on any atom is -0.375 e. The van der Waals surface area contributed by atoms with E-state index in [0.29, 0.717) is 23.4 Å². The first-order chi connectivity index (χ1) is 16.3. The Morgan fingerprint density at radius 1 is 1.29 bits per heavy atom. The molecule has 4 rings (SSSR count). The largest absolute Gasteiger partial charge is 0.375 e. The Morgan fingerprint density at radius 2 is 2.12 bits per heavy atom. The number of amides is 2. The van der Waals surface area contributed by atoms with E-state index in [2.05, 4.69) is 21.7 Å². The summed E-state index contributed by atoms with van der Waals surface area (Å²) in [6.07, 6.45) is -2.58. The maximum atomic E-state index is 12.9. The number of carbonyl (C=O) groups excluding carboxylic acids is 2. The van der Waals surface area contributed by atoms with Crippen molar-refractivity contribution < 1.29 is 23.1 Å². The number of alkyl halides is 2. The minimum atomic E-state index is -2.58. The maximum Gasteiger partial charge on any atom is 0.263 e. The zero-order chi connectivity index (χ0) is 24.3. The number of fused-ring (bicyclic) bond motifs is 1. The predicted molar refractivity (Wildman–Crippen MR) is 123 cm³/mol. The van der Waals surface area contributed by atoms with Crippen LogP contribution in [0, 0.1) is 11.3 Å². The Bertz CT molecular complexity index is 1290. The third kappa shape index (κ3) is 4.95. The van der Waals surface area contributed by atoms with Crippen LogP contribution in [0.2, 0.25) is 0 Å². The molecule has 0 fully saturated rings. The maximum absolute atomic E-state index is 12.9. The zero-order valence-electron chi connectivity index (χ0n) is 18.1. The van der Waals surface area contributed by atoms with Gasteiger partial charge >= 0.3 is 0 Å². The van der Waals surface area contributed by atoms with Gasteiger partial charge in [0.25, 0.3) is 12.3 Å². The summed E-state index contributed by atoms with van der Waals surface area (Å²) >= 11 is 1.15. The molecule has 1 aromatic heterocycles. The van der Waals surface area contributed by atoms with E-state index in [1.807, 2.05) is 0 Å². The molecule has 3 aromatic rings. The van der Waals surface area contributed by atoms with Crippen LogP contribution < -0.4 is 10.6 Å². The Labute approximate surface area is 198 Å². The second kappa shape index (κ2) is 9.67. The number of carbonyl (C=O) groups is 2. The first-order valence-electron chi connectivity index (χ1n) is 10.3. The molecule has 0 bridgehead atoms. The first kappa shape index (κ1) is 23.5. The van der Waals surface area contributed by atoms with Crippen LogP contribution in [-0.4, -0.2) is 29.9 Å². The molecule has 2 heterocycles. The topological polar surface area (TPSA) is 104 Å². The fourth-order valence-electron chi connectivity index (χ4n) is 3.62. The Kier molecular flexibility index (Phi) is 6.68. The van der Waals surface area contributed by atoms with E-state index in [1.165, 1.54) is 18.2 Å². The number of nitrogens with zero attached hydrogens (tertiary/aromatic N) is 2. The molecule has 2 amide bonds. The Balaban J connectivity index is 1.37. The van der Waals surface area contributed by atoms with Crippen LogP contribution in [0.15, 0.2) is 47.8 Å². The predicted octanol–water partition coefficient (Wildman–Crippen LogP) is 4.43. The fraction of sp³-hybridized carbons (Fsp3) is 0.250. The average molecular weight is 483 g/mol. The van der Waals surface area contributed by atoms with Crippen LogP contribution in [0.1, 0.15) is 40.4 Å². The molecular formula is C24H20F2N4O3S. The molecule has 1 atom stereocenters. The van der Waals surface area contributed by atoms with E-state index in [-0.39, 0.29) is 23.8 Å². The number of anilines is 1. The molecular weight excluding hydrogens is 462 g/mol. The molecule has 0 spiro atoms. The molecule has 2 N–H and O–H groups in total. The highest BCUT2D eigenvalue weighted by Gasteiger charge is 2.33. The summed E-state index contributed by atoms with van der Waals surface area (Å²) in [5.74, 6) is -0.933. The van der Waals surface area contributed by atoms with Gasteiger partial charge in [-0.3, -0.25) is 9.59 Å². The molecule has 1 aliphatic rings. The van der Waals surface area contributed by atoms with Gasteiger partial charge in [0, 0.05) is 22.1 Å². The van der Waals surface area contributed by atoms with Gasteiger partial charge in [-0.05, 0) is 36.2 Å². The van der Waals surface area contributed by atoms with Gasteiger partial charge in [0.1, 0.15) is 5.41 Å². The average Bonchev–Trinajstić information content (AvgIpc) is 3.31. The van der Waals surface area contributed by atoms with Crippen molar-refractivity contribution in [3.05, 3.63) is 70.1 Å². The van der Waals surface area contributed by atoms with Crippen molar-refractivity contribution in [3.63, 3.8) is 0 Å². The van der Waals surface area contributed by atoms with Crippen LogP contribution in [-0.2, 0) is 21.6 Å². The van der Waals surface area contributed by atoms with Crippen molar-refractivity contribution in [2.45, 2.75) is 25.4 Å². The summed E-state index contributed by atoms with van der Waals surface area (Å²) in [5.41, 5.74) is 1.95. The summed E-state index contributed by atoms with van der Waals surface area (Å²) in [6.45, 7) is 2.09. The normalized spacial score (nSPS) is 17.0. The minimum absolute atomic E-state index is 0.108. The lowest BCUT2D eigenvalue weighted by Gasteiger charge is -2.30. The molecule has 0 aliphatic carbocycles. The lowest BCUT2D eigenvalue weighted by molar-refractivity contribution is -0.115. The number of thiazole rings is 1. The van der Waals surface area contributed by atoms with Crippen molar-refractivity contribution in [1.82, 2.24) is 10.3 Å². The van der Waals surface area contributed by atoms with Gasteiger partial charge in [-0.25, -0.2) is 13.8 Å². The number of ether oxygens (including phenoxy) is 1. The highest BCUT2D eigenvalue weighted by Crippen LogP contribution is 2.32. The second-order valence-corrected chi connectivity index (χ2v) is 8.86. The zero-order valence-corrected chi connectivity index (χ0v) is 18.9. The van der Waals surface area contributed by atoms with E-state index in [4.69, 9.17) is 4.74 Å². The molecule has 34 heavy (non-hydrogen) atoms. The van der Waals surface area contributed by atoms with E-state index in [9.17, 15) is 23.6 Å². The van der Waals surface area contributed by atoms with Gasteiger partial charge in [0.15, 0.2) is 5.13 Å². The summed E-state index contributed by atoms with van der Waals surface area (Å²) in [5, 5.41) is 16.6. The number of nitriles is 1. The van der Waals surface area contributed by atoms with E-state index in [0.717, 1.165) is 22.5 Å². The van der Waals surface area contributed by atoms with Gasteiger partial charge in [0.2, 0.25) is 5.91 Å². The van der Waals surface area contributed by atoms with Crippen LogP contribution in [0.25, 0.3) is 11.3 Å². The number of halogens is 2. The summed E-state index contributed by atoms with van der Waals surface area (Å²) < 4.78 is 31.3. The molecule has 174 valence electrons. The molecule has 0 unspecified atom stereocenters. The summed E-state index contributed by atoms with van der Waals surface area (Å²) in [4.78, 5) is 29.2. The molecule has 1 aliphatic heterocycles. The summed E-state index contributed by atoms with van der Waals surface area (Å²) in [7, 11) is 0. The Morgan fingerprint density at radius 3 is 2.88 bits per heavy atom. The van der Waals surface area contributed by atoms with Crippen LogP contribution in [0.4, 0.5) is 13.9 Å². The third-order valence-electron chi connectivity index (χ3n) is 5.46. The number of hydrogen-bond donors (Lipinski definition) is 2. The highest BCUT2D eigenvalue weighted by molar-refractivity contribution is 7.14. The number of nitrogens with one attached hydrogen (secondary N) is 2. The smallest absolute Gasteiger partial charge is 0.263 e. The molecule has 0 saturated heterocycles. The van der Waals surface area contributed by atoms with Crippen LogP contribution >= 0.6 is 11.3 Å². The molecule has 7 nitrogen and oxygen atoms in total. The monoisotopic (exact) mass is 482 g/mol. The van der Waals surface area contributed by atoms with E-state index < -0.39 is 23.7 Å². The Hall–Kier alpha value is -3.68.